The quantitative estimate of drug-likeness (QED) is 0.919. The average Bonchev–Trinajstić information content (AvgIpc) is 2.39. The van der Waals surface area contributed by atoms with Crippen LogP contribution in [0.1, 0.15) is 41.6 Å². The minimum atomic E-state index is 0.107. The summed E-state index contributed by atoms with van der Waals surface area (Å²) in [7, 11) is 0. The minimum absolute atomic E-state index is 0.107. The van der Waals surface area contributed by atoms with E-state index < -0.39 is 0 Å². The van der Waals surface area contributed by atoms with Crippen LogP contribution in [0.25, 0.3) is 0 Å². The number of morpholine rings is 1. The SMILES string of the molecule is CCCN1CCOC(CN)C1c1c(C)cc(C)cc1C. The highest BCUT2D eigenvalue weighted by Gasteiger charge is 2.34. The van der Waals surface area contributed by atoms with Gasteiger partial charge in [0.25, 0.3) is 0 Å². The Morgan fingerprint density at radius 3 is 2.45 bits per heavy atom. The summed E-state index contributed by atoms with van der Waals surface area (Å²) in [6.45, 7) is 12.3. The third-order valence-electron chi connectivity index (χ3n) is 4.23. The average molecular weight is 276 g/mol. The molecule has 0 amide bonds. The van der Waals surface area contributed by atoms with Crippen LogP contribution in [0.5, 0.6) is 0 Å². The largest absolute Gasteiger partial charge is 0.374 e. The number of hydrogen-bond donors (Lipinski definition) is 1. The molecule has 2 atom stereocenters. The standard InChI is InChI=1S/C17H28N2O/c1-5-6-19-7-8-20-15(11-18)17(19)16-13(3)9-12(2)10-14(16)4/h9-10,15,17H,5-8,11,18H2,1-4H3. The molecule has 1 aromatic rings. The highest BCUT2D eigenvalue weighted by atomic mass is 16.5. The van der Waals surface area contributed by atoms with Crippen LogP contribution < -0.4 is 5.73 Å². The summed E-state index contributed by atoms with van der Waals surface area (Å²) in [6.07, 6.45) is 1.27. The van der Waals surface area contributed by atoms with Crippen LogP contribution in [-0.4, -0.2) is 37.2 Å². The van der Waals surface area contributed by atoms with Gasteiger partial charge in [0.15, 0.2) is 0 Å². The van der Waals surface area contributed by atoms with Gasteiger partial charge in [-0.3, -0.25) is 4.90 Å². The lowest BCUT2D eigenvalue weighted by molar-refractivity contribution is -0.0680. The number of nitrogens with two attached hydrogens (primary N) is 1. The molecule has 20 heavy (non-hydrogen) atoms. The molecule has 0 aromatic heterocycles. The predicted molar refractivity (Wildman–Crippen MR) is 84.1 cm³/mol. The second-order valence-corrected chi connectivity index (χ2v) is 5.94. The molecule has 1 aliphatic heterocycles. The van der Waals surface area contributed by atoms with Gasteiger partial charge >= 0.3 is 0 Å². The van der Waals surface area contributed by atoms with Crippen LogP contribution in [-0.2, 0) is 4.74 Å². The van der Waals surface area contributed by atoms with Gasteiger partial charge < -0.3 is 10.5 Å². The first-order chi connectivity index (χ1) is 9.58. The Kier molecular flexibility index (Phi) is 5.19. The molecule has 0 spiro atoms. The normalized spacial score (nSPS) is 24.1. The molecule has 0 radical (unpaired) electrons. The van der Waals surface area contributed by atoms with Gasteiger partial charge in [-0.1, -0.05) is 24.6 Å². The first-order valence-electron chi connectivity index (χ1n) is 7.72. The fourth-order valence-corrected chi connectivity index (χ4v) is 3.55. The molecule has 2 N–H and O–H groups in total. The smallest absolute Gasteiger partial charge is 0.0894 e. The van der Waals surface area contributed by atoms with E-state index in [2.05, 4.69) is 44.7 Å². The van der Waals surface area contributed by atoms with Crippen molar-refractivity contribution in [2.75, 3.05) is 26.2 Å². The van der Waals surface area contributed by atoms with Crippen LogP contribution in [0.15, 0.2) is 12.1 Å². The van der Waals surface area contributed by atoms with Crippen LogP contribution >= 0.6 is 0 Å². The van der Waals surface area contributed by atoms with Gasteiger partial charge in [-0.25, -0.2) is 0 Å². The summed E-state index contributed by atoms with van der Waals surface area (Å²) < 4.78 is 5.94. The molecule has 3 nitrogen and oxygen atoms in total. The fraction of sp³-hybridized carbons (Fsp3) is 0.647. The van der Waals surface area contributed by atoms with Crippen LogP contribution in [0.2, 0.25) is 0 Å². The molecule has 2 unspecified atom stereocenters. The van der Waals surface area contributed by atoms with E-state index in [0.29, 0.717) is 12.6 Å². The van der Waals surface area contributed by atoms with E-state index in [-0.39, 0.29) is 6.10 Å². The summed E-state index contributed by atoms with van der Waals surface area (Å²) in [4.78, 5) is 2.55. The van der Waals surface area contributed by atoms with Crippen LogP contribution in [0.4, 0.5) is 0 Å². The maximum atomic E-state index is 5.97. The van der Waals surface area contributed by atoms with Crippen LogP contribution in [0.3, 0.4) is 0 Å². The zero-order chi connectivity index (χ0) is 14.7. The van der Waals surface area contributed by atoms with Gasteiger partial charge in [0.05, 0.1) is 18.8 Å². The first kappa shape index (κ1) is 15.5. The summed E-state index contributed by atoms with van der Waals surface area (Å²) in [6, 6.07) is 4.85. The lowest BCUT2D eigenvalue weighted by Crippen LogP contribution is -2.48. The van der Waals surface area contributed by atoms with Crippen molar-refractivity contribution in [3.63, 3.8) is 0 Å². The highest BCUT2D eigenvalue weighted by Crippen LogP contribution is 2.34. The molecular weight excluding hydrogens is 248 g/mol. The number of benzene rings is 1. The maximum Gasteiger partial charge on any atom is 0.0894 e. The van der Waals surface area contributed by atoms with E-state index in [1.165, 1.54) is 22.3 Å². The fourth-order valence-electron chi connectivity index (χ4n) is 3.55. The molecule has 0 aliphatic carbocycles. The zero-order valence-electron chi connectivity index (χ0n) is 13.3. The number of ether oxygens (including phenoxy) is 1. The van der Waals surface area contributed by atoms with Crippen molar-refractivity contribution in [1.82, 2.24) is 4.90 Å². The van der Waals surface area contributed by atoms with E-state index in [0.717, 1.165) is 26.1 Å². The van der Waals surface area contributed by atoms with E-state index in [9.17, 15) is 0 Å². The summed E-state index contributed by atoms with van der Waals surface area (Å²) >= 11 is 0. The van der Waals surface area contributed by atoms with E-state index in [4.69, 9.17) is 10.5 Å². The Balaban J connectivity index is 2.43. The molecule has 2 rings (SSSR count). The van der Waals surface area contributed by atoms with Crippen LogP contribution in [0, 0.1) is 20.8 Å². The molecule has 1 saturated heterocycles. The molecule has 0 bridgehead atoms. The molecule has 1 heterocycles. The van der Waals surface area contributed by atoms with E-state index in [1.807, 2.05) is 0 Å². The zero-order valence-corrected chi connectivity index (χ0v) is 13.3. The van der Waals surface area contributed by atoms with Gasteiger partial charge in [-0.2, -0.15) is 0 Å². The molecule has 0 saturated carbocycles. The number of rotatable bonds is 4. The molecule has 1 aliphatic rings. The highest BCUT2D eigenvalue weighted by molar-refractivity contribution is 5.40. The van der Waals surface area contributed by atoms with E-state index in [1.54, 1.807) is 0 Å². The monoisotopic (exact) mass is 276 g/mol. The second kappa shape index (κ2) is 6.70. The lowest BCUT2D eigenvalue weighted by Gasteiger charge is -2.42. The molecule has 112 valence electrons. The van der Waals surface area contributed by atoms with Crippen molar-refractivity contribution in [3.05, 3.63) is 34.4 Å². The van der Waals surface area contributed by atoms with Crippen molar-refractivity contribution < 1.29 is 4.74 Å². The van der Waals surface area contributed by atoms with Crippen molar-refractivity contribution in [2.45, 2.75) is 46.3 Å². The van der Waals surface area contributed by atoms with Gasteiger partial charge in [-0.05, 0) is 50.4 Å². The van der Waals surface area contributed by atoms with Gasteiger partial charge in [0.1, 0.15) is 0 Å². The summed E-state index contributed by atoms with van der Waals surface area (Å²) in [5, 5.41) is 0. The summed E-state index contributed by atoms with van der Waals surface area (Å²) in [5.41, 5.74) is 11.4. The topological polar surface area (TPSA) is 38.5 Å². The Hall–Kier alpha value is -0.900. The second-order valence-electron chi connectivity index (χ2n) is 5.94. The van der Waals surface area contributed by atoms with Crippen molar-refractivity contribution in [2.24, 2.45) is 5.73 Å². The minimum Gasteiger partial charge on any atom is -0.374 e. The predicted octanol–water partition coefficient (Wildman–Crippen LogP) is 2.72. The van der Waals surface area contributed by atoms with Crippen molar-refractivity contribution >= 4 is 0 Å². The number of aryl methyl sites for hydroxylation is 3. The molecule has 1 fully saturated rings. The Labute approximate surface area is 123 Å². The Morgan fingerprint density at radius 2 is 1.90 bits per heavy atom. The van der Waals surface area contributed by atoms with Gasteiger partial charge in [-0.15, -0.1) is 0 Å². The van der Waals surface area contributed by atoms with Gasteiger partial charge in [0, 0.05) is 13.1 Å². The molecule has 3 heteroatoms. The lowest BCUT2D eigenvalue weighted by atomic mass is 9.89. The molecular formula is C17H28N2O. The third-order valence-corrected chi connectivity index (χ3v) is 4.23. The van der Waals surface area contributed by atoms with Gasteiger partial charge in [0.2, 0.25) is 0 Å². The van der Waals surface area contributed by atoms with Crippen molar-refractivity contribution in [1.29, 1.82) is 0 Å². The maximum absolute atomic E-state index is 5.97. The third kappa shape index (κ3) is 3.05. The summed E-state index contributed by atoms with van der Waals surface area (Å²) in [5.74, 6) is 0. The number of nitrogens with zero attached hydrogens (tertiary/aromatic N) is 1. The molecule has 1 aromatic carbocycles. The van der Waals surface area contributed by atoms with Crippen molar-refractivity contribution in [3.8, 4) is 0 Å². The van der Waals surface area contributed by atoms with E-state index >= 15 is 0 Å². The Morgan fingerprint density at radius 1 is 1.25 bits per heavy atom. The number of hydrogen-bond acceptors (Lipinski definition) is 3. The first-order valence-corrected chi connectivity index (χ1v) is 7.72. The Bertz CT molecular complexity index is 433.